The smallest absolute Gasteiger partial charge is 0.241 e. The van der Waals surface area contributed by atoms with Crippen molar-refractivity contribution in [1.82, 2.24) is 9.88 Å². The predicted molar refractivity (Wildman–Crippen MR) is 116 cm³/mol. The normalized spacial score (nSPS) is 24.1. The van der Waals surface area contributed by atoms with Crippen LogP contribution in [0.2, 0.25) is 0 Å². The first-order valence-electron chi connectivity index (χ1n) is 9.59. The molecule has 3 aliphatic rings. The van der Waals surface area contributed by atoms with Crippen molar-refractivity contribution in [3.63, 3.8) is 0 Å². The maximum Gasteiger partial charge on any atom is 0.241 e. The largest absolute Gasteiger partial charge is 0.346 e. The summed E-state index contributed by atoms with van der Waals surface area (Å²) in [5.41, 5.74) is 1.04. The number of amides is 1. The van der Waals surface area contributed by atoms with Crippen LogP contribution in [0.15, 0.2) is 65.0 Å². The molecule has 7 heteroatoms. The Morgan fingerprint density at radius 1 is 1.11 bits per heavy atom. The number of carbonyl (C=O) groups excluding carboxylic acids is 1. The van der Waals surface area contributed by atoms with Gasteiger partial charge in [-0.2, -0.15) is 0 Å². The lowest BCUT2D eigenvalue weighted by Crippen LogP contribution is -2.54. The number of allylic oxidation sites excluding steroid dienone is 2. The molecule has 1 aromatic heterocycles. The Balaban J connectivity index is 1.30. The molecule has 5 rings (SSSR count). The summed E-state index contributed by atoms with van der Waals surface area (Å²) in [5, 5.41) is 3.38. The molecule has 28 heavy (non-hydrogen) atoms. The Morgan fingerprint density at radius 2 is 1.93 bits per heavy atom. The van der Waals surface area contributed by atoms with E-state index in [0.29, 0.717) is 6.54 Å². The summed E-state index contributed by atoms with van der Waals surface area (Å²) in [6.45, 7) is 4.08. The van der Waals surface area contributed by atoms with Crippen molar-refractivity contribution in [1.29, 1.82) is 0 Å². The number of para-hydroxylation sites is 1. The van der Waals surface area contributed by atoms with E-state index in [2.05, 4.69) is 57.3 Å². The number of benzene rings is 1. The third kappa shape index (κ3) is 3.38. The molecule has 2 atom stereocenters. The molecule has 0 saturated carbocycles. The minimum atomic E-state index is 0.0917. The lowest BCUT2D eigenvalue weighted by molar-refractivity contribution is -0.120. The molecule has 2 aromatic rings. The SMILES string of the molecule is O=C(CN1CCN(c2nccs2)CC1)N1c2ccccc2S[C@H]2C=CC=C[C@H]21. The summed E-state index contributed by atoms with van der Waals surface area (Å²) < 4.78 is 0. The molecule has 144 valence electrons. The van der Waals surface area contributed by atoms with E-state index < -0.39 is 0 Å². The lowest BCUT2D eigenvalue weighted by Gasteiger charge is -2.42. The van der Waals surface area contributed by atoms with Crippen molar-refractivity contribution < 1.29 is 4.79 Å². The summed E-state index contributed by atoms with van der Waals surface area (Å²) >= 11 is 3.53. The molecular formula is C21H22N4OS2. The minimum Gasteiger partial charge on any atom is -0.346 e. The van der Waals surface area contributed by atoms with Gasteiger partial charge in [-0.25, -0.2) is 4.98 Å². The second kappa shape index (κ2) is 7.73. The molecule has 1 saturated heterocycles. The Hall–Kier alpha value is -2.09. The summed E-state index contributed by atoms with van der Waals surface area (Å²) in [6, 6.07) is 8.36. The highest BCUT2D eigenvalue weighted by Crippen LogP contribution is 2.43. The number of piperazine rings is 1. The fourth-order valence-electron chi connectivity index (χ4n) is 4.02. The molecule has 0 unspecified atom stereocenters. The van der Waals surface area contributed by atoms with E-state index in [9.17, 15) is 4.79 Å². The standard InChI is InChI=1S/C21H22N4OS2/c26-20(15-23-10-12-24(13-11-23)21-22-9-14-27-21)25-16-5-1-3-7-18(16)28-19-8-4-2-6-17(19)25/h1-9,14,16,18H,10-13,15H2/t16-,18+/m1/s1. The van der Waals surface area contributed by atoms with Gasteiger partial charge in [-0.1, -0.05) is 36.4 Å². The van der Waals surface area contributed by atoms with E-state index in [1.807, 2.05) is 34.3 Å². The fraction of sp³-hybridized carbons (Fsp3) is 0.333. The zero-order valence-electron chi connectivity index (χ0n) is 15.5. The molecule has 1 fully saturated rings. The summed E-state index contributed by atoms with van der Waals surface area (Å²) in [4.78, 5) is 25.6. The molecule has 1 aliphatic carbocycles. The van der Waals surface area contributed by atoms with Crippen LogP contribution in [0.25, 0.3) is 0 Å². The first kappa shape index (κ1) is 18.0. The van der Waals surface area contributed by atoms with Gasteiger partial charge < -0.3 is 9.80 Å². The van der Waals surface area contributed by atoms with Crippen molar-refractivity contribution in [3.8, 4) is 0 Å². The fourth-order valence-corrected chi connectivity index (χ4v) is 5.97. The van der Waals surface area contributed by atoms with Crippen LogP contribution < -0.4 is 9.80 Å². The van der Waals surface area contributed by atoms with Crippen LogP contribution in [-0.2, 0) is 4.79 Å². The van der Waals surface area contributed by atoms with Crippen LogP contribution in [0.3, 0.4) is 0 Å². The number of anilines is 2. The zero-order chi connectivity index (χ0) is 18.9. The second-order valence-electron chi connectivity index (χ2n) is 7.15. The first-order chi connectivity index (χ1) is 13.8. The van der Waals surface area contributed by atoms with Gasteiger partial charge in [0.2, 0.25) is 5.91 Å². The van der Waals surface area contributed by atoms with Crippen molar-refractivity contribution in [2.75, 3.05) is 42.5 Å². The maximum absolute atomic E-state index is 13.4. The molecule has 0 N–H and O–H groups in total. The van der Waals surface area contributed by atoms with Crippen LogP contribution in [0, 0.1) is 0 Å². The third-order valence-corrected chi connectivity index (χ3v) is 7.57. The van der Waals surface area contributed by atoms with Gasteiger partial charge in [-0.15, -0.1) is 23.1 Å². The summed E-state index contributed by atoms with van der Waals surface area (Å²) in [5.74, 6) is 0.186. The van der Waals surface area contributed by atoms with E-state index in [1.165, 1.54) is 4.90 Å². The van der Waals surface area contributed by atoms with Gasteiger partial charge >= 0.3 is 0 Å². The van der Waals surface area contributed by atoms with Crippen LogP contribution in [0.1, 0.15) is 0 Å². The number of aromatic nitrogens is 1. The Morgan fingerprint density at radius 3 is 2.75 bits per heavy atom. The Labute approximate surface area is 173 Å². The number of fused-ring (bicyclic) bond motifs is 2. The number of thioether (sulfide) groups is 1. The summed E-state index contributed by atoms with van der Waals surface area (Å²) in [6.07, 6.45) is 10.4. The van der Waals surface area contributed by atoms with E-state index in [4.69, 9.17) is 0 Å². The average Bonchev–Trinajstić information content (AvgIpc) is 3.27. The van der Waals surface area contributed by atoms with Crippen LogP contribution in [0.5, 0.6) is 0 Å². The third-order valence-electron chi connectivity index (χ3n) is 5.43. The molecule has 0 radical (unpaired) electrons. The van der Waals surface area contributed by atoms with Gasteiger partial charge in [0.1, 0.15) is 0 Å². The Kier molecular flexibility index (Phi) is 4.96. The van der Waals surface area contributed by atoms with Gasteiger partial charge in [0.15, 0.2) is 5.13 Å². The molecule has 0 bridgehead atoms. The topological polar surface area (TPSA) is 39.7 Å². The molecule has 1 amide bonds. The van der Waals surface area contributed by atoms with Crippen LogP contribution in [0.4, 0.5) is 10.8 Å². The zero-order valence-corrected chi connectivity index (χ0v) is 17.1. The van der Waals surface area contributed by atoms with Crippen molar-refractivity contribution in [2.45, 2.75) is 16.2 Å². The number of carbonyl (C=O) groups is 1. The molecule has 0 spiro atoms. The summed E-state index contributed by atoms with van der Waals surface area (Å²) in [7, 11) is 0. The quantitative estimate of drug-likeness (QED) is 0.777. The molecule has 2 aliphatic heterocycles. The molecule has 1 aromatic carbocycles. The van der Waals surface area contributed by atoms with E-state index in [1.54, 1.807) is 11.3 Å². The highest BCUT2D eigenvalue weighted by Gasteiger charge is 2.37. The number of thiazole rings is 1. The minimum absolute atomic E-state index is 0.0917. The number of hydrogen-bond donors (Lipinski definition) is 0. The van der Waals surface area contributed by atoms with Gasteiger partial charge in [-0.3, -0.25) is 9.69 Å². The lowest BCUT2D eigenvalue weighted by atomic mass is 10.0. The number of rotatable bonds is 3. The first-order valence-corrected chi connectivity index (χ1v) is 11.3. The van der Waals surface area contributed by atoms with Gasteiger partial charge in [-0.05, 0) is 12.1 Å². The van der Waals surface area contributed by atoms with E-state index >= 15 is 0 Å². The van der Waals surface area contributed by atoms with Crippen LogP contribution in [-0.4, -0.2) is 59.8 Å². The van der Waals surface area contributed by atoms with Crippen molar-refractivity contribution in [3.05, 3.63) is 60.1 Å². The average molecular weight is 411 g/mol. The van der Waals surface area contributed by atoms with E-state index in [0.717, 1.165) is 37.0 Å². The van der Waals surface area contributed by atoms with Crippen molar-refractivity contribution in [2.24, 2.45) is 0 Å². The second-order valence-corrected chi connectivity index (χ2v) is 9.25. The van der Waals surface area contributed by atoms with Crippen LogP contribution >= 0.6 is 23.1 Å². The number of nitrogens with zero attached hydrogens (tertiary/aromatic N) is 4. The molecule has 3 heterocycles. The molecular weight excluding hydrogens is 388 g/mol. The van der Waals surface area contributed by atoms with Crippen molar-refractivity contribution >= 4 is 39.8 Å². The maximum atomic E-state index is 13.4. The van der Waals surface area contributed by atoms with Gasteiger partial charge in [0.05, 0.1) is 23.5 Å². The number of hydrogen-bond acceptors (Lipinski definition) is 6. The monoisotopic (exact) mass is 410 g/mol. The Bertz CT molecular complexity index is 903. The highest BCUT2D eigenvalue weighted by atomic mass is 32.2. The van der Waals surface area contributed by atoms with Gasteiger partial charge in [0.25, 0.3) is 0 Å². The van der Waals surface area contributed by atoms with E-state index in [-0.39, 0.29) is 17.2 Å². The highest BCUT2D eigenvalue weighted by molar-refractivity contribution is 8.00. The predicted octanol–water partition coefficient (Wildman–Crippen LogP) is 3.27. The van der Waals surface area contributed by atoms with Gasteiger partial charge in [0, 0.05) is 42.7 Å². The molecule has 5 nitrogen and oxygen atoms in total.